The minimum atomic E-state index is 0.0820. The van der Waals surface area contributed by atoms with Crippen LogP contribution in [0.5, 0.6) is 0 Å². The van der Waals surface area contributed by atoms with Crippen molar-refractivity contribution in [2.75, 3.05) is 6.54 Å². The summed E-state index contributed by atoms with van der Waals surface area (Å²) in [4.78, 5) is 12.1. The Morgan fingerprint density at radius 1 is 1.22 bits per heavy atom. The van der Waals surface area contributed by atoms with Crippen LogP contribution in [0.4, 0.5) is 0 Å². The first-order valence-corrected chi connectivity index (χ1v) is 9.12. The number of fused-ring (bicyclic) bond motifs is 1. The summed E-state index contributed by atoms with van der Waals surface area (Å²) >= 11 is 1.89. The average molecular weight is 326 g/mol. The molecule has 2 aromatic rings. The number of aliphatic imine (C=N–C) groups is 1. The molecule has 5 heteroatoms. The van der Waals surface area contributed by atoms with E-state index in [1.54, 1.807) is 0 Å². The van der Waals surface area contributed by atoms with Gasteiger partial charge in [0.05, 0.1) is 11.7 Å². The lowest BCUT2D eigenvalue weighted by molar-refractivity contribution is 0.302. The zero-order valence-electron chi connectivity index (χ0n) is 13.8. The van der Waals surface area contributed by atoms with Gasteiger partial charge in [-0.2, -0.15) is 0 Å². The van der Waals surface area contributed by atoms with E-state index in [0.717, 1.165) is 12.2 Å². The van der Waals surface area contributed by atoms with E-state index in [0.29, 0.717) is 11.3 Å². The van der Waals surface area contributed by atoms with E-state index in [1.807, 2.05) is 24.0 Å². The van der Waals surface area contributed by atoms with Crippen LogP contribution in [0.25, 0.3) is 0 Å². The molecular weight excluding hydrogens is 304 g/mol. The molecule has 0 aromatic carbocycles. The summed E-state index contributed by atoms with van der Waals surface area (Å²) in [5, 5.41) is 1.78. The maximum absolute atomic E-state index is 5.04. The quantitative estimate of drug-likeness (QED) is 0.853. The average Bonchev–Trinajstić information content (AvgIpc) is 3.21. The lowest BCUT2D eigenvalue weighted by Gasteiger charge is -2.29. The van der Waals surface area contributed by atoms with Crippen LogP contribution in [0, 0.1) is 0 Å². The Hall–Kier alpha value is -1.75. The van der Waals surface area contributed by atoms with Crippen LogP contribution < -0.4 is 0 Å². The van der Waals surface area contributed by atoms with Crippen molar-refractivity contribution in [3.8, 4) is 0 Å². The molecule has 0 amide bonds. The van der Waals surface area contributed by atoms with Gasteiger partial charge in [0.25, 0.3) is 0 Å². The van der Waals surface area contributed by atoms with E-state index in [2.05, 4.69) is 65.7 Å². The molecule has 1 saturated heterocycles. The number of hydrogen-bond donors (Lipinski definition) is 0. The van der Waals surface area contributed by atoms with Crippen molar-refractivity contribution in [1.29, 1.82) is 0 Å². The lowest BCUT2D eigenvalue weighted by Crippen LogP contribution is -2.30. The molecule has 0 bridgehead atoms. The van der Waals surface area contributed by atoms with Crippen molar-refractivity contribution in [2.24, 2.45) is 4.99 Å². The van der Waals surface area contributed by atoms with Gasteiger partial charge in [-0.25, -0.2) is 0 Å². The molecule has 0 N–H and O–H groups in total. The molecule has 0 unspecified atom stereocenters. The highest BCUT2D eigenvalue weighted by molar-refractivity contribution is 8.14. The first kappa shape index (κ1) is 14.8. The summed E-state index contributed by atoms with van der Waals surface area (Å²) < 4.78 is 2.37. The van der Waals surface area contributed by atoms with Gasteiger partial charge in [0.15, 0.2) is 5.17 Å². The number of nitrogens with zero attached hydrogens (tertiary/aromatic N) is 4. The van der Waals surface area contributed by atoms with E-state index in [1.165, 1.54) is 10.9 Å². The third kappa shape index (κ3) is 2.47. The van der Waals surface area contributed by atoms with E-state index in [9.17, 15) is 0 Å². The molecule has 120 valence electrons. The Labute approximate surface area is 141 Å². The summed E-state index contributed by atoms with van der Waals surface area (Å²) in [6.45, 7) is 7.80. The van der Waals surface area contributed by atoms with Gasteiger partial charge in [0.2, 0.25) is 0 Å². The lowest BCUT2D eigenvalue weighted by atomic mass is 10.0. The molecule has 0 spiro atoms. The van der Waals surface area contributed by atoms with Crippen molar-refractivity contribution in [1.82, 2.24) is 14.5 Å². The highest BCUT2D eigenvalue weighted by atomic mass is 32.2. The SMILES string of the molecule is CC(C)n1cccc1[C@@H]1[C@@H](c2ccccn2)N=C2S[C@H](C)CN21. The molecule has 2 aliphatic rings. The molecule has 4 heterocycles. The first-order chi connectivity index (χ1) is 11.1. The Morgan fingerprint density at radius 3 is 2.83 bits per heavy atom. The fraction of sp³-hybridized carbons (Fsp3) is 0.444. The van der Waals surface area contributed by atoms with Crippen molar-refractivity contribution in [2.45, 2.75) is 44.1 Å². The molecule has 0 radical (unpaired) electrons. The Balaban J connectivity index is 1.79. The minimum Gasteiger partial charge on any atom is -0.347 e. The Kier molecular flexibility index (Phi) is 3.68. The number of aromatic nitrogens is 2. The highest BCUT2D eigenvalue weighted by Gasteiger charge is 2.44. The Bertz CT molecular complexity index is 722. The molecular formula is C18H22N4S. The zero-order chi connectivity index (χ0) is 16.0. The molecule has 1 fully saturated rings. The first-order valence-electron chi connectivity index (χ1n) is 8.24. The van der Waals surface area contributed by atoms with Crippen molar-refractivity contribution >= 4 is 16.9 Å². The normalized spacial score (nSPS) is 26.7. The fourth-order valence-electron chi connectivity index (χ4n) is 3.57. The molecule has 2 aromatic heterocycles. The second kappa shape index (κ2) is 5.71. The Morgan fingerprint density at radius 2 is 2.09 bits per heavy atom. The summed E-state index contributed by atoms with van der Waals surface area (Å²) in [6.07, 6.45) is 4.05. The van der Waals surface area contributed by atoms with Gasteiger partial charge in [-0.05, 0) is 38.1 Å². The predicted molar refractivity (Wildman–Crippen MR) is 95.7 cm³/mol. The minimum absolute atomic E-state index is 0.0820. The van der Waals surface area contributed by atoms with Crippen molar-refractivity contribution in [3.05, 3.63) is 54.1 Å². The second-order valence-electron chi connectivity index (χ2n) is 6.57. The van der Waals surface area contributed by atoms with E-state index < -0.39 is 0 Å². The highest BCUT2D eigenvalue weighted by Crippen LogP contribution is 2.47. The maximum Gasteiger partial charge on any atom is 0.160 e. The second-order valence-corrected chi connectivity index (χ2v) is 7.98. The summed E-state index contributed by atoms with van der Waals surface area (Å²) in [6, 6.07) is 11.3. The fourth-order valence-corrected chi connectivity index (χ4v) is 4.66. The van der Waals surface area contributed by atoms with Gasteiger partial charge < -0.3 is 9.47 Å². The maximum atomic E-state index is 5.04. The molecule has 3 atom stereocenters. The monoisotopic (exact) mass is 326 g/mol. The number of pyridine rings is 1. The van der Waals surface area contributed by atoms with E-state index >= 15 is 0 Å². The van der Waals surface area contributed by atoms with E-state index in [-0.39, 0.29) is 12.1 Å². The number of hydrogen-bond acceptors (Lipinski definition) is 4. The number of thioether (sulfide) groups is 1. The molecule has 4 rings (SSSR count). The topological polar surface area (TPSA) is 33.4 Å². The molecule has 0 aliphatic carbocycles. The molecule has 23 heavy (non-hydrogen) atoms. The molecule has 2 aliphatic heterocycles. The standard InChI is InChI=1S/C18H22N4S/c1-12(2)21-10-6-8-15(21)17-16(14-7-4-5-9-19-14)20-18-22(17)11-13(3)23-18/h4-10,12-13,16-17H,11H2,1-3H3/t13-,16-,17-/m1/s1. The molecule has 0 saturated carbocycles. The van der Waals surface area contributed by atoms with Crippen LogP contribution in [0.2, 0.25) is 0 Å². The predicted octanol–water partition coefficient (Wildman–Crippen LogP) is 4.05. The van der Waals surface area contributed by atoms with Crippen LogP contribution in [-0.2, 0) is 0 Å². The summed E-state index contributed by atoms with van der Waals surface area (Å²) in [7, 11) is 0. The van der Waals surface area contributed by atoms with Gasteiger partial charge >= 0.3 is 0 Å². The summed E-state index contributed by atoms with van der Waals surface area (Å²) in [5.74, 6) is 0. The van der Waals surface area contributed by atoms with Crippen LogP contribution in [0.3, 0.4) is 0 Å². The van der Waals surface area contributed by atoms with Gasteiger partial charge in [-0.1, -0.05) is 24.8 Å². The smallest absolute Gasteiger partial charge is 0.160 e. The van der Waals surface area contributed by atoms with Gasteiger partial charge in [0, 0.05) is 35.9 Å². The van der Waals surface area contributed by atoms with Crippen LogP contribution in [-0.4, -0.2) is 31.4 Å². The van der Waals surface area contributed by atoms with Crippen LogP contribution in [0.1, 0.15) is 50.3 Å². The summed E-state index contributed by atoms with van der Waals surface area (Å²) in [5.41, 5.74) is 2.40. The van der Waals surface area contributed by atoms with E-state index in [4.69, 9.17) is 4.99 Å². The third-order valence-corrected chi connectivity index (χ3v) is 5.65. The number of amidine groups is 1. The number of rotatable bonds is 3. The van der Waals surface area contributed by atoms with Crippen molar-refractivity contribution in [3.63, 3.8) is 0 Å². The van der Waals surface area contributed by atoms with Crippen LogP contribution >= 0.6 is 11.8 Å². The van der Waals surface area contributed by atoms with Gasteiger partial charge in [-0.15, -0.1) is 0 Å². The van der Waals surface area contributed by atoms with Crippen molar-refractivity contribution < 1.29 is 0 Å². The van der Waals surface area contributed by atoms with Gasteiger partial charge in [-0.3, -0.25) is 9.98 Å². The zero-order valence-corrected chi connectivity index (χ0v) is 14.6. The largest absolute Gasteiger partial charge is 0.347 e. The third-order valence-electron chi connectivity index (χ3n) is 4.55. The molecule has 4 nitrogen and oxygen atoms in total. The van der Waals surface area contributed by atoms with Gasteiger partial charge in [0.1, 0.15) is 6.04 Å². The van der Waals surface area contributed by atoms with Crippen LogP contribution in [0.15, 0.2) is 47.7 Å².